The second-order valence-corrected chi connectivity index (χ2v) is 6.26. The van der Waals surface area contributed by atoms with Crippen molar-refractivity contribution in [1.29, 1.82) is 0 Å². The minimum atomic E-state index is -0.662. The van der Waals surface area contributed by atoms with Crippen LogP contribution in [0.2, 0.25) is 0 Å². The fraction of sp³-hybridized carbons (Fsp3) is 0.261. The summed E-state index contributed by atoms with van der Waals surface area (Å²) in [5, 5.41) is 1.35. The predicted octanol–water partition coefficient (Wildman–Crippen LogP) is 4.27. The monoisotopic (exact) mass is 409 g/mol. The summed E-state index contributed by atoms with van der Waals surface area (Å²) < 4.78 is 21.4. The van der Waals surface area contributed by atoms with Crippen LogP contribution in [0.4, 0.5) is 0 Å². The van der Waals surface area contributed by atoms with E-state index in [0.717, 1.165) is 0 Å². The lowest BCUT2D eigenvalue weighted by Gasteiger charge is -2.18. The summed E-state index contributed by atoms with van der Waals surface area (Å²) in [6.45, 7) is 4.64. The van der Waals surface area contributed by atoms with Gasteiger partial charge < -0.3 is 18.9 Å². The lowest BCUT2D eigenvalue weighted by Crippen LogP contribution is -2.14. The highest BCUT2D eigenvalue weighted by Crippen LogP contribution is 2.40. The Morgan fingerprint density at radius 2 is 1.57 bits per heavy atom. The third-order valence-electron chi connectivity index (χ3n) is 4.52. The third kappa shape index (κ3) is 3.91. The van der Waals surface area contributed by atoms with E-state index >= 15 is 0 Å². The summed E-state index contributed by atoms with van der Waals surface area (Å²) in [5.74, 6) is -0.239. The van der Waals surface area contributed by atoms with Crippen LogP contribution in [0.25, 0.3) is 22.0 Å². The quantitative estimate of drug-likeness (QED) is 0.539. The molecule has 7 heteroatoms. The lowest BCUT2D eigenvalue weighted by atomic mass is 9.91. The van der Waals surface area contributed by atoms with E-state index in [-0.39, 0.29) is 11.1 Å². The molecule has 3 rings (SSSR count). The number of hydrogen-bond acceptors (Lipinski definition) is 7. The number of methoxy groups -OCH3 is 2. The van der Waals surface area contributed by atoms with E-state index in [2.05, 4.69) is 4.98 Å². The van der Waals surface area contributed by atoms with Gasteiger partial charge in [-0.2, -0.15) is 0 Å². The Morgan fingerprint density at radius 3 is 2.13 bits per heavy atom. The average Bonchev–Trinajstić information content (AvgIpc) is 2.78. The molecule has 0 radical (unpaired) electrons. The molecule has 7 nitrogen and oxygen atoms in total. The van der Waals surface area contributed by atoms with Gasteiger partial charge in [-0.1, -0.05) is 6.07 Å². The summed E-state index contributed by atoms with van der Waals surface area (Å²) in [4.78, 5) is 29.7. The van der Waals surface area contributed by atoms with Crippen molar-refractivity contribution in [3.63, 3.8) is 0 Å². The van der Waals surface area contributed by atoms with Crippen molar-refractivity contribution < 1.29 is 28.5 Å². The zero-order valence-corrected chi connectivity index (χ0v) is 17.4. The molecule has 1 aromatic heterocycles. The minimum absolute atomic E-state index is 0.0853. The molecule has 0 aliphatic carbocycles. The minimum Gasteiger partial charge on any atom is -0.490 e. The van der Waals surface area contributed by atoms with Gasteiger partial charge >= 0.3 is 11.9 Å². The summed E-state index contributed by atoms with van der Waals surface area (Å²) in [5.41, 5.74) is 1.15. The van der Waals surface area contributed by atoms with Crippen molar-refractivity contribution in [3.05, 3.63) is 53.7 Å². The van der Waals surface area contributed by atoms with Crippen molar-refractivity contribution in [1.82, 2.24) is 4.98 Å². The molecule has 0 saturated carbocycles. The number of esters is 2. The van der Waals surface area contributed by atoms with Crippen LogP contribution in [0, 0.1) is 0 Å². The molecular formula is C23H23NO6. The molecular weight excluding hydrogens is 386 g/mol. The largest absolute Gasteiger partial charge is 0.490 e. The molecule has 156 valence electrons. The highest BCUT2D eigenvalue weighted by Gasteiger charge is 2.27. The molecule has 0 atom stereocenters. The zero-order chi connectivity index (χ0) is 21.7. The van der Waals surface area contributed by atoms with E-state index in [9.17, 15) is 9.59 Å². The Morgan fingerprint density at radius 1 is 0.900 bits per heavy atom. The maximum Gasteiger partial charge on any atom is 0.339 e. The first-order valence-electron chi connectivity index (χ1n) is 9.54. The third-order valence-corrected chi connectivity index (χ3v) is 4.52. The number of aromatic nitrogens is 1. The number of pyridine rings is 1. The first kappa shape index (κ1) is 21.1. The van der Waals surface area contributed by atoms with Crippen molar-refractivity contribution in [2.24, 2.45) is 0 Å². The number of carbonyl (C=O) groups is 2. The fourth-order valence-electron chi connectivity index (χ4n) is 3.31. The van der Waals surface area contributed by atoms with E-state index in [1.165, 1.54) is 14.2 Å². The van der Waals surface area contributed by atoms with Crippen LogP contribution in [-0.2, 0) is 9.47 Å². The number of benzene rings is 2. The molecule has 2 aromatic carbocycles. The molecule has 0 fully saturated rings. The van der Waals surface area contributed by atoms with Gasteiger partial charge in [-0.3, -0.25) is 4.98 Å². The van der Waals surface area contributed by atoms with Gasteiger partial charge in [0.25, 0.3) is 0 Å². The number of fused-ring (bicyclic) bond motifs is 1. The lowest BCUT2D eigenvalue weighted by molar-refractivity contribution is 0.0556. The molecule has 0 aliphatic heterocycles. The molecule has 0 aliphatic rings. The number of carbonyl (C=O) groups excluding carboxylic acids is 2. The van der Waals surface area contributed by atoms with Crippen LogP contribution >= 0.6 is 0 Å². The van der Waals surface area contributed by atoms with Crippen LogP contribution < -0.4 is 9.47 Å². The van der Waals surface area contributed by atoms with Crippen molar-refractivity contribution >= 4 is 22.7 Å². The van der Waals surface area contributed by atoms with Crippen LogP contribution in [0.3, 0.4) is 0 Å². The van der Waals surface area contributed by atoms with E-state index in [4.69, 9.17) is 18.9 Å². The van der Waals surface area contributed by atoms with Gasteiger partial charge in [-0.15, -0.1) is 0 Å². The molecule has 3 aromatic rings. The Balaban J connectivity index is 2.49. The van der Waals surface area contributed by atoms with E-state index in [1.54, 1.807) is 42.6 Å². The molecule has 0 saturated heterocycles. The number of rotatable bonds is 7. The van der Waals surface area contributed by atoms with Gasteiger partial charge in [0, 0.05) is 11.8 Å². The van der Waals surface area contributed by atoms with Gasteiger partial charge in [-0.05, 0) is 55.0 Å². The fourth-order valence-corrected chi connectivity index (χ4v) is 3.31. The van der Waals surface area contributed by atoms with E-state index in [1.807, 2.05) is 13.8 Å². The van der Waals surface area contributed by atoms with E-state index in [0.29, 0.717) is 46.7 Å². The van der Waals surface area contributed by atoms with Gasteiger partial charge in [0.1, 0.15) is 0 Å². The molecule has 0 spiro atoms. The van der Waals surface area contributed by atoms with Gasteiger partial charge in [0.05, 0.1) is 44.3 Å². The maximum absolute atomic E-state index is 12.8. The second kappa shape index (κ2) is 9.26. The van der Waals surface area contributed by atoms with Crippen LogP contribution in [0.5, 0.6) is 11.5 Å². The van der Waals surface area contributed by atoms with Crippen molar-refractivity contribution in [3.8, 4) is 22.8 Å². The number of hydrogen-bond donors (Lipinski definition) is 0. The number of nitrogens with zero attached hydrogens (tertiary/aromatic N) is 1. The molecule has 0 N–H and O–H groups in total. The number of ether oxygens (including phenoxy) is 4. The average molecular weight is 409 g/mol. The molecule has 0 unspecified atom stereocenters. The first-order valence-corrected chi connectivity index (χ1v) is 9.54. The Labute approximate surface area is 174 Å². The molecule has 0 bridgehead atoms. The van der Waals surface area contributed by atoms with Crippen LogP contribution in [0.1, 0.15) is 34.6 Å². The highest BCUT2D eigenvalue weighted by atomic mass is 16.5. The van der Waals surface area contributed by atoms with Gasteiger partial charge in [0.15, 0.2) is 11.5 Å². The smallest absolute Gasteiger partial charge is 0.339 e. The summed E-state index contributed by atoms with van der Waals surface area (Å²) in [7, 11) is 2.53. The normalized spacial score (nSPS) is 10.5. The van der Waals surface area contributed by atoms with Crippen LogP contribution in [0.15, 0.2) is 42.6 Å². The van der Waals surface area contributed by atoms with Gasteiger partial charge in [0.2, 0.25) is 0 Å². The Bertz CT molecular complexity index is 1080. The van der Waals surface area contributed by atoms with Gasteiger partial charge in [-0.25, -0.2) is 9.59 Å². The summed E-state index contributed by atoms with van der Waals surface area (Å²) in [6.07, 6.45) is 1.62. The second-order valence-electron chi connectivity index (χ2n) is 6.26. The maximum atomic E-state index is 12.8. The molecule has 1 heterocycles. The van der Waals surface area contributed by atoms with Crippen LogP contribution in [-0.4, -0.2) is 44.4 Å². The highest BCUT2D eigenvalue weighted by molar-refractivity contribution is 6.15. The molecule has 0 amide bonds. The van der Waals surface area contributed by atoms with Crippen molar-refractivity contribution in [2.75, 3.05) is 27.4 Å². The Hall–Kier alpha value is -3.61. The summed E-state index contributed by atoms with van der Waals surface area (Å²) in [6, 6.07) is 10.5. The summed E-state index contributed by atoms with van der Waals surface area (Å²) >= 11 is 0. The van der Waals surface area contributed by atoms with E-state index < -0.39 is 11.9 Å². The standard InChI is InChI=1S/C23H23NO6/c1-5-29-18-12-14-11-16(22(25)27-3)21(23(26)28-4)20(17-9-7-8-10-24-17)15(14)13-19(18)30-6-2/h7-13H,5-6H2,1-4H3. The Kier molecular flexibility index (Phi) is 6.51. The zero-order valence-electron chi connectivity index (χ0n) is 17.4. The molecule has 30 heavy (non-hydrogen) atoms. The van der Waals surface area contributed by atoms with Crippen molar-refractivity contribution in [2.45, 2.75) is 13.8 Å². The first-order chi connectivity index (χ1) is 14.5. The predicted molar refractivity (Wildman–Crippen MR) is 112 cm³/mol. The topological polar surface area (TPSA) is 84.0 Å². The SMILES string of the molecule is CCOc1cc2cc(C(=O)OC)c(C(=O)OC)c(-c3ccccn3)c2cc1OCC.